The molecule has 0 saturated carbocycles. The van der Waals surface area contributed by atoms with Crippen LogP contribution in [0.4, 0.5) is 0 Å². The monoisotopic (exact) mass is 244 g/mol. The third-order valence-corrected chi connectivity index (χ3v) is 2.79. The van der Waals surface area contributed by atoms with Gasteiger partial charge in [-0.25, -0.2) is 0 Å². The minimum Gasteiger partial charge on any atom is -0.329 e. The molecule has 2 N–H and O–H groups in total. The highest BCUT2D eigenvalue weighted by Gasteiger charge is 2.04. The molecule has 0 amide bonds. The molecule has 0 bridgehead atoms. The van der Waals surface area contributed by atoms with Crippen LogP contribution in [0.1, 0.15) is 19.4 Å². The van der Waals surface area contributed by atoms with Gasteiger partial charge in [-0.15, -0.1) is 5.10 Å². The lowest BCUT2D eigenvalue weighted by Crippen LogP contribution is -2.10. The zero-order valence-corrected chi connectivity index (χ0v) is 11.0. The molecular formula is C14H20N4. The molecule has 0 spiro atoms. The fourth-order valence-electron chi connectivity index (χ4n) is 1.96. The van der Waals surface area contributed by atoms with Gasteiger partial charge in [-0.1, -0.05) is 43.3 Å². The van der Waals surface area contributed by atoms with Crippen LogP contribution in [0.3, 0.4) is 0 Å². The van der Waals surface area contributed by atoms with Gasteiger partial charge in [0, 0.05) is 12.1 Å². The molecule has 18 heavy (non-hydrogen) atoms. The predicted molar refractivity (Wildman–Crippen MR) is 73.1 cm³/mol. The Morgan fingerprint density at radius 1 is 1.22 bits per heavy atom. The molecule has 4 heteroatoms. The second-order valence-electron chi connectivity index (χ2n) is 4.95. The van der Waals surface area contributed by atoms with Crippen molar-refractivity contribution in [1.82, 2.24) is 15.0 Å². The maximum atomic E-state index is 5.49. The van der Waals surface area contributed by atoms with Crippen molar-refractivity contribution in [3.8, 4) is 11.3 Å². The normalized spacial score (nSPS) is 11.1. The van der Waals surface area contributed by atoms with E-state index in [0.717, 1.165) is 17.7 Å². The maximum absolute atomic E-state index is 5.49. The summed E-state index contributed by atoms with van der Waals surface area (Å²) in [7, 11) is 0. The molecule has 0 aliphatic rings. The average Bonchev–Trinajstić information content (AvgIpc) is 2.78. The number of nitrogens with two attached hydrogens (primary N) is 1. The first-order chi connectivity index (χ1) is 8.69. The van der Waals surface area contributed by atoms with Crippen molar-refractivity contribution < 1.29 is 0 Å². The molecule has 0 fully saturated rings. The summed E-state index contributed by atoms with van der Waals surface area (Å²) in [5, 5.41) is 8.19. The molecule has 4 nitrogen and oxygen atoms in total. The van der Waals surface area contributed by atoms with Crippen molar-refractivity contribution >= 4 is 0 Å². The van der Waals surface area contributed by atoms with Gasteiger partial charge in [0.1, 0.15) is 5.69 Å². The average molecular weight is 244 g/mol. The van der Waals surface area contributed by atoms with E-state index in [1.165, 1.54) is 5.56 Å². The molecule has 1 aromatic carbocycles. The predicted octanol–water partition coefficient (Wildman–Crippen LogP) is 2.10. The lowest BCUT2D eigenvalue weighted by Gasteiger charge is -2.05. The molecule has 0 aliphatic carbocycles. The van der Waals surface area contributed by atoms with Gasteiger partial charge in [-0.2, -0.15) is 0 Å². The summed E-state index contributed by atoms with van der Waals surface area (Å²) < 4.78 is 1.78. The van der Waals surface area contributed by atoms with Crippen LogP contribution in [0.2, 0.25) is 0 Å². The van der Waals surface area contributed by atoms with Crippen molar-refractivity contribution in [3.05, 3.63) is 36.0 Å². The van der Waals surface area contributed by atoms with E-state index in [2.05, 4.69) is 48.4 Å². The van der Waals surface area contributed by atoms with E-state index in [1.807, 2.05) is 6.20 Å². The SMILES string of the molecule is CC(C)Cc1ccc(-c2cn(CCN)nn2)cc1. The summed E-state index contributed by atoms with van der Waals surface area (Å²) >= 11 is 0. The lowest BCUT2D eigenvalue weighted by molar-refractivity contribution is 0.598. The number of hydrogen-bond donors (Lipinski definition) is 1. The summed E-state index contributed by atoms with van der Waals surface area (Å²) in [5.74, 6) is 0.682. The fourth-order valence-corrected chi connectivity index (χ4v) is 1.96. The second-order valence-corrected chi connectivity index (χ2v) is 4.95. The number of aromatic nitrogens is 3. The number of nitrogens with zero attached hydrogens (tertiary/aromatic N) is 3. The molecule has 2 rings (SSSR count). The van der Waals surface area contributed by atoms with E-state index >= 15 is 0 Å². The molecule has 0 aliphatic heterocycles. The van der Waals surface area contributed by atoms with Crippen LogP contribution in [0, 0.1) is 5.92 Å². The number of hydrogen-bond acceptors (Lipinski definition) is 3. The highest BCUT2D eigenvalue weighted by molar-refractivity contribution is 5.57. The Kier molecular flexibility index (Phi) is 4.10. The number of rotatable bonds is 5. The van der Waals surface area contributed by atoms with Crippen LogP contribution in [-0.2, 0) is 13.0 Å². The largest absolute Gasteiger partial charge is 0.329 e. The Morgan fingerprint density at radius 3 is 2.56 bits per heavy atom. The molecule has 2 aromatic rings. The van der Waals surface area contributed by atoms with Crippen LogP contribution in [0.25, 0.3) is 11.3 Å². The Bertz CT molecular complexity index is 485. The topological polar surface area (TPSA) is 56.7 Å². The minimum absolute atomic E-state index is 0.579. The van der Waals surface area contributed by atoms with Gasteiger partial charge in [-0.3, -0.25) is 4.68 Å². The fraction of sp³-hybridized carbons (Fsp3) is 0.429. The Morgan fingerprint density at radius 2 is 1.94 bits per heavy atom. The highest BCUT2D eigenvalue weighted by atomic mass is 15.4. The van der Waals surface area contributed by atoms with E-state index in [-0.39, 0.29) is 0 Å². The smallest absolute Gasteiger partial charge is 0.113 e. The maximum Gasteiger partial charge on any atom is 0.113 e. The van der Waals surface area contributed by atoms with Crippen molar-refractivity contribution in [1.29, 1.82) is 0 Å². The van der Waals surface area contributed by atoms with Crippen LogP contribution in [0.15, 0.2) is 30.5 Å². The third-order valence-electron chi connectivity index (χ3n) is 2.79. The summed E-state index contributed by atoms with van der Waals surface area (Å²) in [4.78, 5) is 0. The van der Waals surface area contributed by atoms with Gasteiger partial charge < -0.3 is 5.73 Å². The molecule has 1 heterocycles. The molecule has 96 valence electrons. The molecule has 0 saturated heterocycles. The molecule has 0 radical (unpaired) electrons. The van der Waals surface area contributed by atoms with Gasteiger partial charge in [0.2, 0.25) is 0 Å². The standard InChI is InChI=1S/C14H20N4/c1-11(2)9-12-3-5-13(6-4-12)14-10-18(8-7-15)17-16-14/h3-6,10-11H,7-9,15H2,1-2H3. The van der Waals surface area contributed by atoms with Crippen molar-refractivity contribution in [3.63, 3.8) is 0 Å². The van der Waals surface area contributed by atoms with Crippen LogP contribution < -0.4 is 5.73 Å². The van der Waals surface area contributed by atoms with E-state index in [0.29, 0.717) is 19.0 Å². The minimum atomic E-state index is 0.579. The third kappa shape index (κ3) is 3.17. The van der Waals surface area contributed by atoms with E-state index < -0.39 is 0 Å². The van der Waals surface area contributed by atoms with Crippen LogP contribution in [-0.4, -0.2) is 21.5 Å². The molecule has 1 aromatic heterocycles. The zero-order valence-electron chi connectivity index (χ0n) is 11.0. The zero-order chi connectivity index (χ0) is 13.0. The molecule has 0 unspecified atom stereocenters. The van der Waals surface area contributed by atoms with Gasteiger partial charge in [0.05, 0.1) is 12.7 Å². The Balaban J connectivity index is 2.12. The van der Waals surface area contributed by atoms with Gasteiger partial charge in [0.25, 0.3) is 0 Å². The first-order valence-electron chi connectivity index (χ1n) is 6.38. The van der Waals surface area contributed by atoms with E-state index in [9.17, 15) is 0 Å². The van der Waals surface area contributed by atoms with E-state index in [1.54, 1.807) is 4.68 Å². The van der Waals surface area contributed by atoms with Gasteiger partial charge in [-0.05, 0) is 17.9 Å². The van der Waals surface area contributed by atoms with Crippen molar-refractivity contribution in [2.24, 2.45) is 11.7 Å². The van der Waals surface area contributed by atoms with Crippen molar-refractivity contribution in [2.75, 3.05) is 6.54 Å². The van der Waals surface area contributed by atoms with Crippen molar-refractivity contribution in [2.45, 2.75) is 26.8 Å². The molecular weight excluding hydrogens is 224 g/mol. The quantitative estimate of drug-likeness (QED) is 0.876. The van der Waals surface area contributed by atoms with Crippen LogP contribution >= 0.6 is 0 Å². The summed E-state index contributed by atoms with van der Waals surface area (Å²) in [6.45, 7) is 5.74. The summed E-state index contributed by atoms with van der Waals surface area (Å²) in [6, 6.07) is 8.54. The Labute approximate surface area is 108 Å². The molecule has 0 atom stereocenters. The summed E-state index contributed by atoms with van der Waals surface area (Å²) in [6.07, 6.45) is 3.05. The highest BCUT2D eigenvalue weighted by Crippen LogP contribution is 2.18. The lowest BCUT2D eigenvalue weighted by atomic mass is 10.0. The first kappa shape index (κ1) is 12.8. The first-order valence-corrected chi connectivity index (χ1v) is 6.38. The van der Waals surface area contributed by atoms with Crippen LogP contribution in [0.5, 0.6) is 0 Å². The number of benzene rings is 1. The second kappa shape index (κ2) is 5.78. The summed E-state index contributed by atoms with van der Waals surface area (Å²) in [5.41, 5.74) is 8.85. The van der Waals surface area contributed by atoms with E-state index in [4.69, 9.17) is 5.73 Å². The van der Waals surface area contributed by atoms with Gasteiger partial charge >= 0.3 is 0 Å². The Hall–Kier alpha value is -1.68. The van der Waals surface area contributed by atoms with Gasteiger partial charge in [0.15, 0.2) is 0 Å².